The molecule has 0 atom stereocenters. The topological polar surface area (TPSA) is 9.23 Å². The molecule has 0 N–H and O–H groups in total. The molecular formula is C16H36OP+. The Morgan fingerprint density at radius 3 is 1.33 bits per heavy atom. The predicted molar refractivity (Wildman–Crippen MR) is 87.1 cm³/mol. The molecule has 1 nitrogen and oxygen atoms in total. The summed E-state index contributed by atoms with van der Waals surface area (Å²) in [6.07, 6.45) is 14.7. The fourth-order valence-electron chi connectivity index (χ4n) is 2.27. The second kappa shape index (κ2) is 12.4. The molecule has 2 heteroatoms. The molecule has 0 saturated carbocycles. The molecule has 0 amide bonds. The van der Waals surface area contributed by atoms with E-state index in [1.54, 1.807) is 0 Å². The van der Waals surface area contributed by atoms with Crippen LogP contribution >= 0.6 is 7.49 Å². The summed E-state index contributed by atoms with van der Waals surface area (Å²) < 4.78 is 6.49. The Balaban J connectivity index is 4.41. The molecule has 0 fully saturated rings. The van der Waals surface area contributed by atoms with E-state index >= 15 is 0 Å². The van der Waals surface area contributed by atoms with Crippen LogP contribution in [0.15, 0.2) is 0 Å². The van der Waals surface area contributed by atoms with Gasteiger partial charge in [0.2, 0.25) is 0 Å². The molecule has 0 spiro atoms. The van der Waals surface area contributed by atoms with E-state index in [-0.39, 0.29) is 0 Å². The maximum absolute atomic E-state index is 6.49. The van der Waals surface area contributed by atoms with Crippen LogP contribution in [0.25, 0.3) is 0 Å². The van der Waals surface area contributed by atoms with Crippen molar-refractivity contribution in [1.82, 2.24) is 0 Å². The van der Waals surface area contributed by atoms with Gasteiger partial charge >= 0.3 is 0 Å². The lowest BCUT2D eigenvalue weighted by atomic mass is 10.4. The van der Waals surface area contributed by atoms with Gasteiger partial charge in [-0.2, -0.15) is 0 Å². The van der Waals surface area contributed by atoms with Gasteiger partial charge in [-0.3, -0.25) is 0 Å². The lowest BCUT2D eigenvalue weighted by Crippen LogP contribution is -2.13. The highest BCUT2D eigenvalue weighted by atomic mass is 31.2. The van der Waals surface area contributed by atoms with Gasteiger partial charge < -0.3 is 0 Å². The van der Waals surface area contributed by atoms with Crippen LogP contribution in [-0.4, -0.2) is 25.1 Å². The number of rotatable bonds is 13. The Hall–Kier alpha value is 0.390. The van der Waals surface area contributed by atoms with Crippen molar-refractivity contribution in [2.75, 3.05) is 25.1 Å². The Labute approximate surface area is 116 Å². The SMILES string of the molecule is CCCCO[P+](CCCC)(CCCC)CCCC. The van der Waals surface area contributed by atoms with Crippen LogP contribution in [0.3, 0.4) is 0 Å². The summed E-state index contributed by atoms with van der Waals surface area (Å²) in [4.78, 5) is 0. The van der Waals surface area contributed by atoms with Gasteiger partial charge in [0, 0.05) is 0 Å². The molecule has 0 heterocycles. The number of hydrogen-bond donors (Lipinski definition) is 0. The summed E-state index contributed by atoms with van der Waals surface area (Å²) in [6.45, 7) is 10.2. The predicted octanol–water partition coefficient (Wildman–Crippen LogP) is 6.14. The van der Waals surface area contributed by atoms with Crippen LogP contribution in [0.1, 0.15) is 79.1 Å². The molecule has 18 heavy (non-hydrogen) atoms. The summed E-state index contributed by atoms with van der Waals surface area (Å²) in [6, 6.07) is 0. The summed E-state index contributed by atoms with van der Waals surface area (Å²) in [5.74, 6) is 0. The van der Waals surface area contributed by atoms with Crippen molar-refractivity contribution in [2.45, 2.75) is 79.1 Å². The highest BCUT2D eigenvalue weighted by Crippen LogP contribution is 2.61. The first kappa shape index (κ1) is 18.4. The number of hydrogen-bond acceptors (Lipinski definition) is 1. The fourth-order valence-corrected chi connectivity index (χ4v) is 6.52. The normalized spacial score (nSPS) is 12.0. The van der Waals surface area contributed by atoms with E-state index < -0.39 is 7.49 Å². The molecule has 0 saturated heterocycles. The molecule has 0 bridgehead atoms. The highest BCUT2D eigenvalue weighted by Gasteiger charge is 2.37. The first-order chi connectivity index (χ1) is 8.74. The molecule has 0 aromatic heterocycles. The Morgan fingerprint density at radius 1 is 0.611 bits per heavy atom. The minimum atomic E-state index is -1.08. The highest BCUT2D eigenvalue weighted by molar-refractivity contribution is 7.71. The zero-order valence-electron chi connectivity index (χ0n) is 13.3. The molecule has 0 aliphatic rings. The zero-order chi connectivity index (χ0) is 13.7. The van der Waals surface area contributed by atoms with Crippen molar-refractivity contribution in [3.05, 3.63) is 0 Å². The van der Waals surface area contributed by atoms with Gasteiger partial charge in [-0.25, -0.2) is 4.52 Å². The van der Waals surface area contributed by atoms with Gasteiger partial charge in [-0.05, 0) is 25.7 Å². The minimum Gasteiger partial charge on any atom is -0.238 e. The van der Waals surface area contributed by atoms with E-state index in [0.29, 0.717) is 0 Å². The lowest BCUT2D eigenvalue weighted by molar-refractivity contribution is 0.327. The Kier molecular flexibility index (Phi) is 12.7. The monoisotopic (exact) mass is 275 g/mol. The van der Waals surface area contributed by atoms with Gasteiger partial charge in [0.05, 0.1) is 25.1 Å². The molecule has 110 valence electrons. The largest absolute Gasteiger partial charge is 0.238 e. The maximum atomic E-state index is 6.49. The van der Waals surface area contributed by atoms with Crippen LogP contribution in [-0.2, 0) is 4.52 Å². The molecule has 0 unspecified atom stereocenters. The van der Waals surface area contributed by atoms with Crippen LogP contribution in [0.4, 0.5) is 0 Å². The van der Waals surface area contributed by atoms with Crippen LogP contribution in [0, 0.1) is 0 Å². The maximum Gasteiger partial charge on any atom is 0.145 e. The second-order valence-electron chi connectivity index (χ2n) is 5.48. The molecule has 0 aliphatic heterocycles. The Bertz CT molecular complexity index is 149. The van der Waals surface area contributed by atoms with Crippen molar-refractivity contribution in [3.8, 4) is 0 Å². The van der Waals surface area contributed by atoms with E-state index in [9.17, 15) is 0 Å². The van der Waals surface area contributed by atoms with Crippen molar-refractivity contribution >= 4 is 7.49 Å². The average Bonchev–Trinajstić information content (AvgIpc) is 2.40. The van der Waals surface area contributed by atoms with Gasteiger partial charge in [-0.15, -0.1) is 0 Å². The first-order valence-corrected chi connectivity index (χ1v) is 10.5. The molecule has 0 radical (unpaired) electrons. The zero-order valence-corrected chi connectivity index (χ0v) is 14.2. The number of unbranched alkanes of at least 4 members (excludes halogenated alkanes) is 4. The van der Waals surface area contributed by atoms with Gasteiger partial charge in [0.25, 0.3) is 0 Å². The molecule has 0 aromatic rings. The van der Waals surface area contributed by atoms with E-state index in [2.05, 4.69) is 27.7 Å². The molecular weight excluding hydrogens is 239 g/mol. The Morgan fingerprint density at radius 2 is 1.00 bits per heavy atom. The van der Waals surface area contributed by atoms with E-state index in [0.717, 1.165) is 6.61 Å². The smallest absolute Gasteiger partial charge is 0.145 e. The lowest BCUT2D eigenvalue weighted by Gasteiger charge is -2.26. The second-order valence-corrected chi connectivity index (χ2v) is 9.19. The van der Waals surface area contributed by atoms with E-state index in [1.165, 1.54) is 69.9 Å². The van der Waals surface area contributed by atoms with Crippen LogP contribution < -0.4 is 0 Å². The average molecular weight is 275 g/mol. The molecule has 0 aliphatic carbocycles. The van der Waals surface area contributed by atoms with Crippen molar-refractivity contribution in [1.29, 1.82) is 0 Å². The third-order valence-electron chi connectivity index (χ3n) is 3.62. The fraction of sp³-hybridized carbons (Fsp3) is 1.00. The van der Waals surface area contributed by atoms with Crippen molar-refractivity contribution in [3.63, 3.8) is 0 Å². The van der Waals surface area contributed by atoms with Crippen molar-refractivity contribution in [2.24, 2.45) is 0 Å². The summed E-state index contributed by atoms with van der Waals surface area (Å²) in [5.41, 5.74) is 0. The third-order valence-corrected chi connectivity index (χ3v) is 7.74. The van der Waals surface area contributed by atoms with Gasteiger partial charge in [0.1, 0.15) is 7.49 Å². The van der Waals surface area contributed by atoms with E-state index in [4.69, 9.17) is 4.52 Å². The van der Waals surface area contributed by atoms with Crippen LogP contribution in [0.2, 0.25) is 0 Å². The minimum absolute atomic E-state index is 1.02. The standard InChI is InChI=1S/C16H36OP/c1-5-9-13-17-18(14-10-6-2,15-11-7-3)16-12-8-4/h5-16H2,1-4H3/q+1. The van der Waals surface area contributed by atoms with Crippen molar-refractivity contribution < 1.29 is 4.52 Å². The summed E-state index contributed by atoms with van der Waals surface area (Å²) in [7, 11) is -1.08. The quantitative estimate of drug-likeness (QED) is 0.290. The molecule has 0 rings (SSSR count). The summed E-state index contributed by atoms with van der Waals surface area (Å²) >= 11 is 0. The molecule has 0 aromatic carbocycles. The summed E-state index contributed by atoms with van der Waals surface area (Å²) in [5, 5.41) is 0. The van der Waals surface area contributed by atoms with Crippen LogP contribution in [0.5, 0.6) is 0 Å². The van der Waals surface area contributed by atoms with Gasteiger partial charge in [-0.1, -0.05) is 53.4 Å². The van der Waals surface area contributed by atoms with Gasteiger partial charge in [0.15, 0.2) is 0 Å². The third kappa shape index (κ3) is 8.48. The van der Waals surface area contributed by atoms with E-state index in [1.807, 2.05) is 0 Å². The first-order valence-electron chi connectivity index (χ1n) is 8.25.